The predicted octanol–water partition coefficient (Wildman–Crippen LogP) is 0.731. The zero-order valence-corrected chi connectivity index (χ0v) is 8.28. The van der Waals surface area contributed by atoms with E-state index >= 15 is 0 Å². The lowest BCUT2D eigenvalue weighted by atomic mass is 10.3. The number of nitrogens with zero attached hydrogens (tertiary/aromatic N) is 3. The highest BCUT2D eigenvalue weighted by Crippen LogP contribution is 2.15. The number of benzene rings is 1. The third kappa shape index (κ3) is 2.35. The minimum atomic E-state index is -1.01. The number of carboxylic acid groups (broad SMARTS) is 1. The fourth-order valence-electron chi connectivity index (χ4n) is 1.21. The Balaban J connectivity index is 2.17. The first-order valence-corrected chi connectivity index (χ1v) is 4.57. The standard InChI is InChI=1S/C10H9N3O3/c14-10(15)7-16-9-3-1-2-8(6-9)13-5-4-11-12-13/h1-6H,7H2,(H,14,15). The molecule has 6 heteroatoms. The number of carbonyl (C=O) groups is 1. The van der Waals surface area contributed by atoms with Gasteiger partial charge in [0.1, 0.15) is 5.75 Å². The topological polar surface area (TPSA) is 77.2 Å². The van der Waals surface area contributed by atoms with E-state index in [2.05, 4.69) is 10.3 Å². The molecular weight excluding hydrogens is 210 g/mol. The Morgan fingerprint density at radius 3 is 3.06 bits per heavy atom. The van der Waals surface area contributed by atoms with Crippen molar-refractivity contribution in [1.29, 1.82) is 0 Å². The summed E-state index contributed by atoms with van der Waals surface area (Å²) < 4.78 is 6.61. The van der Waals surface area contributed by atoms with E-state index in [1.165, 1.54) is 0 Å². The predicted molar refractivity (Wildman–Crippen MR) is 54.5 cm³/mol. The molecule has 16 heavy (non-hydrogen) atoms. The fourth-order valence-corrected chi connectivity index (χ4v) is 1.21. The molecular formula is C10H9N3O3. The number of ether oxygens (including phenoxy) is 1. The van der Waals surface area contributed by atoms with Crippen molar-refractivity contribution in [2.24, 2.45) is 0 Å². The van der Waals surface area contributed by atoms with Crippen molar-refractivity contribution in [1.82, 2.24) is 15.0 Å². The molecule has 0 bridgehead atoms. The summed E-state index contributed by atoms with van der Waals surface area (Å²) in [6, 6.07) is 6.96. The summed E-state index contributed by atoms with van der Waals surface area (Å²) in [6.45, 7) is -0.360. The van der Waals surface area contributed by atoms with Gasteiger partial charge in [0.25, 0.3) is 0 Å². The second-order valence-corrected chi connectivity index (χ2v) is 3.03. The van der Waals surface area contributed by atoms with Crippen LogP contribution < -0.4 is 4.74 Å². The van der Waals surface area contributed by atoms with Crippen molar-refractivity contribution in [3.8, 4) is 11.4 Å². The van der Waals surface area contributed by atoms with Crippen LogP contribution >= 0.6 is 0 Å². The quantitative estimate of drug-likeness (QED) is 0.820. The molecule has 6 nitrogen and oxygen atoms in total. The Bertz CT molecular complexity index is 482. The van der Waals surface area contributed by atoms with Gasteiger partial charge in [-0.1, -0.05) is 11.3 Å². The first-order chi connectivity index (χ1) is 7.75. The van der Waals surface area contributed by atoms with Crippen molar-refractivity contribution >= 4 is 5.97 Å². The van der Waals surface area contributed by atoms with Gasteiger partial charge in [0.2, 0.25) is 0 Å². The minimum Gasteiger partial charge on any atom is -0.482 e. The first kappa shape index (κ1) is 10.2. The molecule has 0 amide bonds. The SMILES string of the molecule is O=C(O)COc1cccc(-n2ccnn2)c1. The molecule has 2 aromatic rings. The van der Waals surface area contributed by atoms with Crippen LogP contribution in [0.1, 0.15) is 0 Å². The fraction of sp³-hybridized carbons (Fsp3) is 0.100. The Morgan fingerprint density at radius 1 is 1.50 bits per heavy atom. The number of hydrogen-bond acceptors (Lipinski definition) is 4. The van der Waals surface area contributed by atoms with Gasteiger partial charge in [-0.2, -0.15) is 0 Å². The van der Waals surface area contributed by atoms with Gasteiger partial charge in [0, 0.05) is 6.07 Å². The van der Waals surface area contributed by atoms with Crippen molar-refractivity contribution in [3.05, 3.63) is 36.7 Å². The zero-order valence-electron chi connectivity index (χ0n) is 8.28. The molecule has 1 aromatic carbocycles. The van der Waals surface area contributed by atoms with Crippen molar-refractivity contribution < 1.29 is 14.6 Å². The van der Waals surface area contributed by atoms with Crippen LogP contribution in [0.15, 0.2) is 36.7 Å². The third-order valence-corrected chi connectivity index (χ3v) is 1.87. The molecule has 0 unspecified atom stereocenters. The lowest BCUT2D eigenvalue weighted by Gasteiger charge is -2.05. The van der Waals surface area contributed by atoms with Gasteiger partial charge in [-0.3, -0.25) is 0 Å². The smallest absolute Gasteiger partial charge is 0.341 e. The normalized spacial score (nSPS) is 10.0. The van der Waals surface area contributed by atoms with E-state index in [-0.39, 0.29) is 6.61 Å². The first-order valence-electron chi connectivity index (χ1n) is 4.57. The maximum atomic E-state index is 10.3. The Labute approximate surface area is 91.1 Å². The van der Waals surface area contributed by atoms with Crippen LogP contribution in [0.3, 0.4) is 0 Å². The van der Waals surface area contributed by atoms with Crippen molar-refractivity contribution in [2.45, 2.75) is 0 Å². The van der Waals surface area contributed by atoms with Gasteiger partial charge >= 0.3 is 5.97 Å². The van der Waals surface area contributed by atoms with Gasteiger partial charge in [-0.15, -0.1) is 5.10 Å². The summed E-state index contributed by atoms with van der Waals surface area (Å²) >= 11 is 0. The Morgan fingerprint density at radius 2 is 2.38 bits per heavy atom. The van der Waals surface area contributed by atoms with Crippen molar-refractivity contribution in [2.75, 3.05) is 6.61 Å². The number of hydrogen-bond donors (Lipinski definition) is 1. The Hall–Kier alpha value is -2.37. The molecule has 0 spiro atoms. The van der Waals surface area contributed by atoms with E-state index in [0.29, 0.717) is 5.75 Å². The van der Waals surface area contributed by atoms with Crippen LogP contribution in [0.25, 0.3) is 5.69 Å². The molecule has 1 aromatic heterocycles. The lowest BCUT2D eigenvalue weighted by Crippen LogP contribution is -2.09. The maximum Gasteiger partial charge on any atom is 0.341 e. The zero-order chi connectivity index (χ0) is 11.4. The average molecular weight is 219 g/mol. The van der Waals surface area contributed by atoms with E-state index in [1.807, 2.05) is 6.07 Å². The molecule has 82 valence electrons. The van der Waals surface area contributed by atoms with E-state index in [0.717, 1.165) is 5.69 Å². The number of aliphatic carboxylic acids is 1. The number of carboxylic acids is 1. The maximum absolute atomic E-state index is 10.3. The van der Waals surface area contributed by atoms with E-state index in [9.17, 15) is 4.79 Å². The van der Waals surface area contributed by atoms with Crippen LogP contribution in [0, 0.1) is 0 Å². The highest BCUT2D eigenvalue weighted by molar-refractivity contribution is 5.68. The molecule has 1 heterocycles. The van der Waals surface area contributed by atoms with Gasteiger partial charge in [0.15, 0.2) is 6.61 Å². The second-order valence-electron chi connectivity index (χ2n) is 3.03. The van der Waals surface area contributed by atoms with Crippen LogP contribution in [0.4, 0.5) is 0 Å². The summed E-state index contributed by atoms with van der Waals surface area (Å²) in [5, 5.41) is 16.0. The van der Waals surface area contributed by atoms with Crippen LogP contribution in [0.5, 0.6) is 5.75 Å². The molecule has 0 aliphatic carbocycles. The minimum absolute atomic E-state index is 0.360. The Kier molecular flexibility index (Phi) is 2.81. The van der Waals surface area contributed by atoms with Gasteiger partial charge in [-0.05, 0) is 12.1 Å². The van der Waals surface area contributed by atoms with Gasteiger partial charge in [-0.25, -0.2) is 9.48 Å². The largest absolute Gasteiger partial charge is 0.482 e. The molecule has 0 fully saturated rings. The summed E-state index contributed by atoms with van der Waals surface area (Å²) in [7, 11) is 0. The molecule has 2 rings (SSSR count). The van der Waals surface area contributed by atoms with E-state index < -0.39 is 5.97 Å². The van der Waals surface area contributed by atoms with Crippen molar-refractivity contribution in [3.63, 3.8) is 0 Å². The molecule has 0 radical (unpaired) electrons. The van der Waals surface area contributed by atoms with Crippen LogP contribution in [-0.2, 0) is 4.79 Å². The van der Waals surface area contributed by atoms with Gasteiger partial charge in [0.05, 0.1) is 18.1 Å². The second kappa shape index (κ2) is 4.43. The molecule has 0 saturated carbocycles. The average Bonchev–Trinajstić information content (AvgIpc) is 2.80. The van der Waals surface area contributed by atoms with E-state index in [4.69, 9.17) is 9.84 Å². The summed E-state index contributed by atoms with van der Waals surface area (Å²) in [5.74, 6) is -0.526. The number of rotatable bonds is 4. The monoisotopic (exact) mass is 219 g/mol. The molecule has 0 atom stereocenters. The molecule has 0 aliphatic heterocycles. The third-order valence-electron chi connectivity index (χ3n) is 1.87. The van der Waals surface area contributed by atoms with Crippen LogP contribution in [-0.4, -0.2) is 32.7 Å². The van der Waals surface area contributed by atoms with Crippen LogP contribution in [0.2, 0.25) is 0 Å². The highest BCUT2D eigenvalue weighted by atomic mass is 16.5. The van der Waals surface area contributed by atoms with Gasteiger partial charge < -0.3 is 9.84 Å². The summed E-state index contributed by atoms with van der Waals surface area (Å²) in [4.78, 5) is 10.3. The van der Waals surface area contributed by atoms with E-state index in [1.54, 1.807) is 35.3 Å². The lowest BCUT2D eigenvalue weighted by molar-refractivity contribution is -0.139. The summed E-state index contributed by atoms with van der Waals surface area (Å²) in [5.41, 5.74) is 0.764. The molecule has 1 N–H and O–H groups in total. The highest BCUT2D eigenvalue weighted by Gasteiger charge is 2.02. The molecule has 0 aliphatic rings. The summed E-state index contributed by atoms with van der Waals surface area (Å²) in [6.07, 6.45) is 3.25. The molecule has 0 saturated heterocycles. The number of aromatic nitrogens is 3.